The zero-order chi connectivity index (χ0) is 10.1. The smallest absolute Gasteiger partial charge is 0.147 e. The number of aliphatic hydroxyl groups excluding tert-OH is 1. The maximum atomic E-state index is 9.91. The van der Waals surface area contributed by atoms with E-state index in [1.54, 1.807) is 12.1 Å². The van der Waals surface area contributed by atoms with Crippen LogP contribution in [-0.2, 0) is 0 Å². The Morgan fingerprint density at radius 1 is 1.43 bits per heavy atom. The van der Waals surface area contributed by atoms with E-state index in [0.29, 0.717) is 10.8 Å². The van der Waals surface area contributed by atoms with Crippen LogP contribution in [0.5, 0.6) is 0 Å². The molecule has 0 aliphatic carbocycles. The quantitative estimate of drug-likeness (QED) is 0.855. The van der Waals surface area contributed by atoms with Crippen LogP contribution in [0.25, 0.3) is 0 Å². The van der Waals surface area contributed by atoms with Gasteiger partial charge in [0, 0.05) is 0 Å². The highest BCUT2D eigenvalue weighted by molar-refractivity contribution is 7.10. The molecule has 0 saturated carbocycles. The van der Waals surface area contributed by atoms with Crippen LogP contribution in [0.4, 0.5) is 0 Å². The summed E-state index contributed by atoms with van der Waals surface area (Å²) in [6.45, 7) is 1.84. The molecule has 4 heteroatoms. The fourth-order valence-electron chi connectivity index (χ4n) is 1.23. The van der Waals surface area contributed by atoms with Gasteiger partial charge in [0.15, 0.2) is 0 Å². The van der Waals surface area contributed by atoms with Crippen LogP contribution < -0.4 is 0 Å². The molecule has 2 nitrogen and oxygen atoms in total. The van der Waals surface area contributed by atoms with Crippen LogP contribution in [0.15, 0.2) is 28.0 Å². The lowest BCUT2D eigenvalue weighted by Gasteiger charge is -2.05. The van der Waals surface area contributed by atoms with Gasteiger partial charge in [-0.2, -0.15) is 0 Å². The molecule has 0 radical (unpaired) electrons. The average Bonchev–Trinajstić information content (AvgIpc) is 2.73. The molecule has 1 atom stereocenters. The van der Waals surface area contributed by atoms with Crippen LogP contribution in [0, 0.1) is 6.92 Å². The first-order valence-electron chi connectivity index (χ1n) is 4.16. The highest BCUT2D eigenvalue weighted by Crippen LogP contribution is 2.33. The summed E-state index contributed by atoms with van der Waals surface area (Å²) >= 11 is 7.32. The van der Waals surface area contributed by atoms with E-state index in [4.69, 9.17) is 16.0 Å². The average molecular weight is 229 g/mol. The molecular formula is C10H9ClO2S. The molecule has 0 spiro atoms. The fourth-order valence-corrected chi connectivity index (χ4v) is 2.38. The van der Waals surface area contributed by atoms with Gasteiger partial charge in [-0.25, -0.2) is 0 Å². The largest absolute Gasteiger partial charge is 0.463 e. The first-order valence-corrected chi connectivity index (χ1v) is 5.41. The number of rotatable bonds is 2. The van der Waals surface area contributed by atoms with Gasteiger partial charge in [-0.3, -0.25) is 0 Å². The third-order valence-corrected chi connectivity index (χ3v) is 3.33. The van der Waals surface area contributed by atoms with Crippen molar-refractivity contribution in [2.75, 3.05) is 0 Å². The van der Waals surface area contributed by atoms with E-state index in [1.165, 1.54) is 11.3 Å². The van der Waals surface area contributed by atoms with E-state index in [2.05, 4.69) is 0 Å². The molecular weight excluding hydrogens is 220 g/mol. The lowest BCUT2D eigenvalue weighted by Crippen LogP contribution is -1.95. The van der Waals surface area contributed by atoms with Crippen molar-refractivity contribution in [3.8, 4) is 0 Å². The minimum absolute atomic E-state index is 0.534. The van der Waals surface area contributed by atoms with Crippen molar-refractivity contribution in [2.24, 2.45) is 0 Å². The minimum Gasteiger partial charge on any atom is -0.463 e. The van der Waals surface area contributed by atoms with E-state index in [1.807, 2.05) is 18.4 Å². The van der Waals surface area contributed by atoms with Crippen LogP contribution in [0.2, 0.25) is 5.02 Å². The Bertz CT molecular complexity index is 433. The second kappa shape index (κ2) is 3.77. The van der Waals surface area contributed by atoms with Gasteiger partial charge in [-0.15, -0.1) is 11.3 Å². The number of aliphatic hydroxyl groups is 1. The monoisotopic (exact) mass is 228 g/mol. The summed E-state index contributed by atoms with van der Waals surface area (Å²) in [7, 11) is 0. The molecule has 0 bridgehead atoms. The van der Waals surface area contributed by atoms with E-state index in [9.17, 15) is 5.11 Å². The molecule has 2 aromatic heterocycles. The lowest BCUT2D eigenvalue weighted by molar-refractivity contribution is 0.191. The Morgan fingerprint density at radius 3 is 2.71 bits per heavy atom. The standard InChI is InChI=1S/C10H9ClO2S/c1-6-2-3-8(13-6)9(12)10-7(11)4-5-14-10/h2-5,9,12H,1H3. The second-order valence-corrected chi connectivity index (χ2v) is 4.34. The summed E-state index contributed by atoms with van der Waals surface area (Å²) in [5.41, 5.74) is 0. The molecule has 1 unspecified atom stereocenters. The Labute approximate surface area is 90.8 Å². The Hall–Kier alpha value is -0.770. The lowest BCUT2D eigenvalue weighted by atomic mass is 10.2. The number of aryl methyl sites for hydroxylation is 1. The highest BCUT2D eigenvalue weighted by Gasteiger charge is 2.18. The number of hydrogen-bond acceptors (Lipinski definition) is 3. The van der Waals surface area contributed by atoms with Crippen molar-refractivity contribution in [3.05, 3.63) is 45.0 Å². The molecule has 14 heavy (non-hydrogen) atoms. The maximum absolute atomic E-state index is 9.91. The Kier molecular flexibility index (Phi) is 2.63. The fraction of sp³-hybridized carbons (Fsp3) is 0.200. The van der Waals surface area contributed by atoms with Gasteiger partial charge in [0.1, 0.15) is 17.6 Å². The van der Waals surface area contributed by atoms with Crippen molar-refractivity contribution in [2.45, 2.75) is 13.0 Å². The molecule has 2 aromatic rings. The van der Waals surface area contributed by atoms with Crippen LogP contribution >= 0.6 is 22.9 Å². The van der Waals surface area contributed by atoms with E-state index in [0.717, 1.165) is 10.6 Å². The van der Waals surface area contributed by atoms with Gasteiger partial charge in [0.05, 0.1) is 9.90 Å². The first kappa shape index (κ1) is 9.77. The van der Waals surface area contributed by atoms with Crippen molar-refractivity contribution in [3.63, 3.8) is 0 Å². The van der Waals surface area contributed by atoms with Crippen LogP contribution in [0.3, 0.4) is 0 Å². The minimum atomic E-state index is -0.754. The van der Waals surface area contributed by atoms with Crippen LogP contribution in [0.1, 0.15) is 22.5 Å². The van der Waals surface area contributed by atoms with E-state index >= 15 is 0 Å². The van der Waals surface area contributed by atoms with Gasteiger partial charge in [-0.1, -0.05) is 11.6 Å². The molecule has 0 aliphatic heterocycles. The van der Waals surface area contributed by atoms with Gasteiger partial charge < -0.3 is 9.52 Å². The summed E-state index contributed by atoms with van der Waals surface area (Å²) in [6.07, 6.45) is -0.754. The molecule has 0 aliphatic rings. The highest BCUT2D eigenvalue weighted by atomic mass is 35.5. The molecule has 0 aromatic carbocycles. The number of furan rings is 1. The zero-order valence-electron chi connectivity index (χ0n) is 7.53. The molecule has 1 N–H and O–H groups in total. The summed E-state index contributed by atoms with van der Waals surface area (Å²) in [6, 6.07) is 5.34. The Balaban J connectivity index is 2.33. The molecule has 0 fully saturated rings. The van der Waals surface area contributed by atoms with Crippen molar-refractivity contribution in [1.29, 1.82) is 0 Å². The molecule has 0 saturated heterocycles. The van der Waals surface area contributed by atoms with Gasteiger partial charge in [0.2, 0.25) is 0 Å². The van der Waals surface area contributed by atoms with Crippen molar-refractivity contribution in [1.82, 2.24) is 0 Å². The summed E-state index contributed by atoms with van der Waals surface area (Å²) in [5, 5.41) is 12.3. The maximum Gasteiger partial charge on any atom is 0.147 e. The van der Waals surface area contributed by atoms with Gasteiger partial charge in [0.25, 0.3) is 0 Å². The van der Waals surface area contributed by atoms with E-state index in [-0.39, 0.29) is 0 Å². The zero-order valence-corrected chi connectivity index (χ0v) is 9.10. The topological polar surface area (TPSA) is 33.4 Å². The van der Waals surface area contributed by atoms with E-state index < -0.39 is 6.10 Å². The molecule has 2 rings (SSSR count). The molecule has 2 heterocycles. The Morgan fingerprint density at radius 2 is 2.21 bits per heavy atom. The predicted octanol–water partition coefficient (Wildman–Crippen LogP) is 3.38. The number of hydrogen-bond donors (Lipinski definition) is 1. The van der Waals surface area contributed by atoms with Crippen molar-refractivity contribution < 1.29 is 9.52 Å². The number of thiophene rings is 1. The second-order valence-electron chi connectivity index (χ2n) is 2.98. The van der Waals surface area contributed by atoms with Gasteiger partial charge >= 0.3 is 0 Å². The van der Waals surface area contributed by atoms with Crippen molar-refractivity contribution >= 4 is 22.9 Å². The third kappa shape index (κ3) is 1.71. The van der Waals surface area contributed by atoms with Gasteiger partial charge in [-0.05, 0) is 30.5 Å². The summed E-state index contributed by atoms with van der Waals surface area (Å²) < 4.78 is 5.32. The number of halogens is 1. The SMILES string of the molecule is Cc1ccc(C(O)c2sccc2Cl)o1. The predicted molar refractivity (Wildman–Crippen MR) is 56.8 cm³/mol. The third-order valence-electron chi connectivity index (χ3n) is 1.92. The molecule has 74 valence electrons. The summed E-state index contributed by atoms with van der Waals surface area (Å²) in [4.78, 5) is 0.723. The first-order chi connectivity index (χ1) is 6.68. The normalized spacial score (nSPS) is 13.1. The van der Waals surface area contributed by atoms with Crippen LogP contribution in [-0.4, -0.2) is 5.11 Å². The molecule has 0 amide bonds. The summed E-state index contributed by atoms with van der Waals surface area (Å²) in [5.74, 6) is 1.32.